The molecule has 1 heterocycles. The molecule has 4 rings (SSSR count). The minimum atomic E-state index is -3.74. The van der Waals surface area contributed by atoms with Crippen molar-refractivity contribution in [2.75, 3.05) is 11.1 Å². The van der Waals surface area contributed by atoms with Crippen LogP contribution in [0.5, 0.6) is 0 Å². The summed E-state index contributed by atoms with van der Waals surface area (Å²) in [6.45, 7) is 1.46. The smallest absolute Gasteiger partial charge is 0.244 e. The lowest BCUT2D eigenvalue weighted by Crippen LogP contribution is -2.40. The van der Waals surface area contributed by atoms with Crippen molar-refractivity contribution >= 4 is 48.9 Å². The van der Waals surface area contributed by atoms with Crippen molar-refractivity contribution in [1.82, 2.24) is 14.7 Å². The SMILES string of the molecule is CCS(=O)(=O)c1cnc(Cl)nc1Nc1ccc(C2(C(=O)NS(=O)(=O)C3CC3)CC2)c(F)c1. The number of halogens is 2. The highest BCUT2D eigenvalue weighted by Gasteiger charge is 2.54. The lowest BCUT2D eigenvalue weighted by atomic mass is 9.94. The lowest BCUT2D eigenvalue weighted by Gasteiger charge is -2.18. The Morgan fingerprint density at radius 1 is 1.25 bits per heavy atom. The topological polar surface area (TPSA) is 135 Å². The summed E-state index contributed by atoms with van der Waals surface area (Å²) in [5.74, 6) is -1.76. The summed E-state index contributed by atoms with van der Waals surface area (Å²) in [5.41, 5.74) is -0.983. The summed E-state index contributed by atoms with van der Waals surface area (Å²) in [6.07, 6.45) is 2.73. The summed E-state index contributed by atoms with van der Waals surface area (Å²) in [7, 11) is -7.42. The van der Waals surface area contributed by atoms with Crippen LogP contribution in [0.4, 0.5) is 15.9 Å². The van der Waals surface area contributed by atoms with E-state index in [1.54, 1.807) is 0 Å². The van der Waals surface area contributed by atoms with Crippen LogP contribution in [0.25, 0.3) is 0 Å². The third-order valence-electron chi connectivity index (χ3n) is 5.57. The third kappa shape index (κ3) is 4.30. The number of anilines is 2. The molecule has 1 amide bonds. The van der Waals surface area contributed by atoms with Crippen molar-refractivity contribution in [2.24, 2.45) is 0 Å². The van der Waals surface area contributed by atoms with Crippen LogP contribution in [0.1, 0.15) is 38.2 Å². The number of sulfone groups is 1. The fraction of sp³-hybridized carbons (Fsp3) is 0.421. The van der Waals surface area contributed by atoms with Crippen molar-refractivity contribution in [3.63, 3.8) is 0 Å². The predicted molar refractivity (Wildman–Crippen MR) is 115 cm³/mol. The molecule has 2 saturated carbocycles. The zero-order valence-electron chi connectivity index (χ0n) is 16.9. The average Bonchev–Trinajstić information content (AvgIpc) is 3.61. The largest absolute Gasteiger partial charge is 0.339 e. The van der Waals surface area contributed by atoms with Gasteiger partial charge in [0.25, 0.3) is 0 Å². The van der Waals surface area contributed by atoms with Gasteiger partial charge in [-0.25, -0.2) is 26.2 Å². The Labute approximate surface area is 189 Å². The van der Waals surface area contributed by atoms with Crippen LogP contribution in [0.3, 0.4) is 0 Å². The number of benzene rings is 1. The van der Waals surface area contributed by atoms with Gasteiger partial charge in [-0.1, -0.05) is 13.0 Å². The molecule has 0 spiro atoms. The number of nitrogens with one attached hydrogen (secondary N) is 2. The summed E-state index contributed by atoms with van der Waals surface area (Å²) >= 11 is 5.79. The maximum absolute atomic E-state index is 15.0. The number of rotatable bonds is 8. The van der Waals surface area contributed by atoms with Crippen LogP contribution in [-0.4, -0.2) is 43.7 Å². The summed E-state index contributed by atoms with van der Waals surface area (Å²) in [4.78, 5) is 20.1. The second kappa shape index (κ2) is 7.92. The number of carbonyl (C=O) groups excluding carboxylic acids is 1. The van der Waals surface area contributed by atoms with E-state index in [1.165, 1.54) is 19.1 Å². The Morgan fingerprint density at radius 3 is 2.50 bits per heavy atom. The van der Waals surface area contributed by atoms with E-state index in [9.17, 15) is 26.0 Å². The predicted octanol–water partition coefficient (Wildman–Crippen LogP) is 2.45. The molecule has 2 fully saturated rings. The highest BCUT2D eigenvalue weighted by molar-refractivity contribution is 7.91. The highest BCUT2D eigenvalue weighted by Crippen LogP contribution is 2.50. The van der Waals surface area contributed by atoms with Crippen LogP contribution < -0.4 is 10.0 Å². The molecule has 2 aliphatic carbocycles. The Morgan fingerprint density at radius 2 is 1.94 bits per heavy atom. The van der Waals surface area contributed by atoms with Gasteiger partial charge in [0.1, 0.15) is 10.7 Å². The van der Waals surface area contributed by atoms with Gasteiger partial charge < -0.3 is 5.32 Å². The Hall–Kier alpha value is -2.31. The molecule has 0 aliphatic heterocycles. The highest BCUT2D eigenvalue weighted by atomic mass is 35.5. The van der Waals surface area contributed by atoms with E-state index in [-0.39, 0.29) is 33.0 Å². The van der Waals surface area contributed by atoms with Crippen molar-refractivity contribution in [2.45, 2.75) is 48.2 Å². The number of nitrogens with zero attached hydrogens (tertiary/aromatic N) is 2. The van der Waals surface area contributed by atoms with E-state index in [1.807, 2.05) is 0 Å². The molecule has 172 valence electrons. The molecule has 2 aliphatic rings. The Balaban J connectivity index is 1.60. The Bertz CT molecular complexity index is 1310. The van der Waals surface area contributed by atoms with Gasteiger partial charge in [0, 0.05) is 11.3 Å². The second-order valence-corrected chi connectivity index (χ2v) is 12.4. The van der Waals surface area contributed by atoms with E-state index in [0.717, 1.165) is 12.3 Å². The van der Waals surface area contributed by atoms with Gasteiger partial charge in [-0.3, -0.25) is 9.52 Å². The average molecular weight is 503 g/mol. The molecule has 9 nitrogen and oxygen atoms in total. The van der Waals surface area contributed by atoms with E-state index in [4.69, 9.17) is 11.6 Å². The molecule has 0 atom stereocenters. The van der Waals surface area contributed by atoms with E-state index in [0.29, 0.717) is 25.7 Å². The molecule has 13 heteroatoms. The third-order valence-corrected chi connectivity index (χ3v) is 9.30. The van der Waals surface area contributed by atoms with Gasteiger partial charge in [-0.05, 0) is 49.4 Å². The van der Waals surface area contributed by atoms with Gasteiger partial charge in [0.2, 0.25) is 21.2 Å². The maximum atomic E-state index is 15.0. The van der Waals surface area contributed by atoms with Crippen molar-refractivity contribution < 1.29 is 26.0 Å². The van der Waals surface area contributed by atoms with Gasteiger partial charge in [-0.15, -0.1) is 0 Å². The second-order valence-electron chi connectivity index (χ2n) is 7.83. The number of hydrogen-bond acceptors (Lipinski definition) is 8. The van der Waals surface area contributed by atoms with Crippen LogP contribution >= 0.6 is 11.6 Å². The zero-order valence-corrected chi connectivity index (χ0v) is 19.3. The molecule has 1 aromatic carbocycles. The van der Waals surface area contributed by atoms with Crippen LogP contribution in [0.2, 0.25) is 5.28 Å². The molecule has 0 bridgehead atoms. The molecule has 32 heavy (non-hydrogen) atoms. The van der Waals surface area contributed by atoms with E-state index in [2.05, 4.69) is 20.0 Å². The fourth-order valence-corrected chi connectivity index (χ4v) is 5.80. The lowest BCUT2D eigenvalue weighted by molar-refractivity contribution is -0.121. The number of hydrogen-bond donors (Lipinski definition) is 2. The van der Waals surface area contributed by atoms with Gasteiger partial charge in [-0.2, -0.15) is 4.98 Å². The number of sulfonamides is 1. The van der Waals surface area contributed by atoms with Crippen LogP contribution in [-0.2, 0) is 30.1 Å². The van der Waals surface area contributed by atoms with Crippen LogP contribution in [0, 0.1) is 5.82 Å². The molecule has 0 saturated heterocycles. The molecular weight excluding hydrogens is 483 g/mol. The van der Waals surface area contributed by atoms with E-state index >= 15 is 0 Å². The van der Waals surface area contributed by atoms with Crippen molar-refractivity contribution in [1.29, 1.82) is 0 Å². The first kappa shape index (κ1) is 22.9. The van der Waals surface area contributed by atoms with Gasteiger partial charge in [0.05, 0.1) is 22.6 Å². The van der Waals surface area contributed by atoms with Crippen molar-refractivity contribution in [3.8, 4) is 0 Å². The normalized spacial score (nSPS) is 17.6. The fourth-order valence-electron chi connectivity index (χ4n) is 3.37. The Kier molecular flexibility index (Phi) is 5.66. The number of aromatic nitrogens is 2. The van der Waals surface area contributed by atoms with Crippen LogP contribution in [0.15, 0.2) is 29.3 Å². The summed E-state index contributed by atoms with van der Waals surface area (Å²) in [6, 6.07) is 3.93. The molecule has 2 N–H and O–H groups in total. The monoisotopic (exact) mass is 502 g/mol. The first-order chi connectivity index (χ1) is 15.0. The molecule has 2 aromatic rings. The zero-order chi connectivity index (χ0) is 23.3. The quantitative estimate of drug-likeness (QED) is 0.525. The molecule has 0 unspecified atom stereocenters. The van der Waals surface area contributed by atoms with Crippen molar-refractivity contribution in [3.05, 3.63) is 41.1 Å². The maximum Gasteiger partial charge on any atom is 0.244 e. The first-order valence-electron chi connectivity index (χ1n) is 9.87. The summed E-state index contributed by atoms with van der Waals surface area (Å²) < 4.78 is 65.9. The molecule has 0 radical (unpaired) electrons. The molecule has 1 aromatic heterocycles. The minimum Gasteiger partial charge on any atom is -0.339 e. The summed E-state index contributed by atoms with van der Waals surface area (Å²) in [5, 5.41) is 1.98. The number of amides is 1. The molecular formula is C19H20ClFN4O5S2. The van der Waals surface area contributed by atoms with Gasteiger partial charge in [0.15, 0.2) is 15.7 Å². The minimum absolute atomic E-state index is 0.0775. The standard InChI is InChI=1S/C19H20ClFN4O5S2/c1-2-31(27,28)15-10-22-18(20)24-16(15)23-11-3-6-13(14(21)9-11)19(7-8-19)17(26)25-32(29,30)12-4-5-12/h3,6,9-10,12H,2,4-5,7-8H2,1H3,(H,25,26)(H,22,23,24). The van der Waals surface area contributed by atoms with E-state index < -0.39 is 42.2 Å². The first-order valence-corrected chi connectivity index (χ1v) is 13.4. The number of carbonyl (C=O) groups is 1. The van der Waals surface area contributed by atoms with Gasteiger partial charge >= 0.3 is 0 Å².